The van der Waals surface area contributed by atoms with Crippen LogP contribution >= 0.6 is 0 Å². The molecule has 1 fully saturated rings. The maximum atomic E-state index is 12.2. The molecule has 0 unspecified atom stereocenters. The third-order valence-corrected chi connectivity index (χ3v) is 3.05. The first-order valence-electron chi connectivity index (χ1n) is 6.57. The second-order valence-corrected chi connectivity index (χ2v) is 5.88. The molecule has 0 radical (unpaired) electrons. The Hall–Kier alpha value is -1.78. The monoisotopic (exact) mass is 263 g/mol. The van der Waals surface area contributed by atoms with Gasteiger partial charge in [-0.15, -0.1) is 0 Å². The Morgan fingerprint density at radius 1 is 1.47 bits per heavy atom. The number of nitrogen functional groups attached to an aromatic ring is 1. The molecule has 1 aromatic rings. The molecule has 2 N–H and O–H groups in total. The number of pyridine rings is 1. The average Bonchev–Trinajstić information content (AvgIpc) is 2.75. The van der Waals surface area contributed by atoms with Crippen LogP contribution in [-0.4, -0.2) is 28.1 Å². The van der Waals surface area contributed by atoms with E-state index in [1.807, 2.05) is 26.8 Å². The van der Waals surface area contributed by atoms with E-state index in [0.29, 0.717) is 12.2 Å². The highest BCUT2D eigenvalue weighted by atomic mass is 16.6. The number of nitrogens with zero attached hydrogens (tertiary/aromatic N) is 2. The Labute approximate surface area is 113 Å². The Morgan fingerprint density at radius 3 is 2.84 bits per heavy atom. The number of ether oxygens (including phenoxy) is 1. The van der Waals surface area contributed by atoms with Crippen LogP contribution in [0.3, 0.4) is 0 Å². The quantitative estimate of drug-likeness (QED) is 0.845. The average molecular weight is 263 g/mol. The second-order valence-electron chi connectivity index (χ2n) is 5.88. The Morgan fingerprint density at radius 2 is 2.21 bits per heavy atom. The number of aromatic nitrogens is 1. The summed E-state index contributed by atoms with van der Waals surface area (Å²) in [6.07, 6.45) is 5.00. The number of amides is 1. The van der Waals surface area contributed by atoms with Crippen molar-refractivity contribution in [3.8, 4) is 0 Å². The molecular weight excluding hydrogens is 242 g/mol. The standard InChI is InChI=1S/C14H21N3O2/c1-14(2,3)19-13(18)17-6-4-5-12(17)10-7-11(15)9-16-8-10/h7-9,12H,4-6,15H2,1-3H3/t12-/m1/s1. The van der Waals surface area contributed by atoms with Crippen LogP contribution in [-0.2, 0) is 4.74 Å². The van der Waals surface area contributed by atoms with E-state index >= 15 is 0 Å². The number of carbonyl (C=O) groups is 1. The topological polar surface area (TPSA) is 68.5 Å². The summed E-state index contributed by atoms with van der Waals surface area (Å²) in [6.45, 7) is 6.34. The number of anilines is 1. The van der Waals surface area contributed by atoms with Crippen LogP contribution in [0.25, 0.3) is 0 Å². The van der Waals surface area contributed by atoms with Crippen molar-refractivity contribution in [3.63, 3.8) is 0 Å². The molecule has 1 saturated heterocycles. The van der Waals surface area contributed by atoms with Crippen molar-refractivity contribution in [1.29, 1.82) is 0 Å². The van der Waals surface area contributed by atoms with Gasteiger partial charge >= 0.3 is 6.09 Å². The number of hydrogen-bond donors (Lipinski definition) is 1. The van der Waals surface area contributed by atoms with Crippen LogP contribution in [0.2, 0.25) is 0 Å². The summed E-state index contributed by atoms with van der Waals surface area (Å²) in [4.78, 5) is 18.0. The minimum atomic E-state index is -0.474. The number of likely N-dealkylation sites (tertiary alicyclic amines) is 1. The normalized spacial score (nSPS) is 19.5. The predicted octanol–water partition coefficient (Wildman–Crippen LogP) is 2.74. The number of carbonyl (C=O) groups excluding carboxylic acids is 1. The van der Waals surface area contributed by atoms with Crippen molar-refractivity contribution in [1.82, 2.24) is 9.88 Å². The summed E-state index contributed by atoms with van der Waals surface area (Å²) in [6, 6.07) is 1.89. The molecule has 0 aliphatic carbocycles. The van der Waals surface area contributed by atoms with Gasteiger partial charge in [-0.05, 0) is 45.2 Å². The zero-order chi connectivity index (χ0) is 14.0. The minimum absolute atomic E-state index is 0.0193. The molecule has 1 aliphatic rings. The van der Waals surface area contributed by atoms with E-state index in [2.05, 4.69) is 4.98 Å². The molecule has 104 valence electrons. The molecule has 1 atom stereocenters. The lowest BCUT2D eigenvalue weighted by molar-refractivity contribution is 0.0224. The first kappa shape index (κ1) is 13.6. The molecule has 0 spiro atoms. The van der Waals surface area contributed by atoms with Gasteiger partial charge in [0.2, 0.25) is 0 Å². The van der Waals surface area contributed by atoms with E-state index in [4.69, 9.17) is 10.5 Å². The van der Waals surface area contributed by atoms with E-state index in [1.165, 1.54) is 0 Å². The van der Waals surface area contributed by atoms with Gasteiger partial charge in [0.05, 0.1) is 11.7 Å². The van der Waals surface area contributed by atoms with Gasteiger partial charge in [0.1, 0.15) is 5.60 Å². The second kappa shape index (κ2) is 5.07. The molecule has 0 saturated carbocycles. The van der Waals surface area contributed by atoms with Crippen molar-refractivity contribution < 1.29 is 9.53 Å². The number of rotatable bonds is 1. The summed E-state index contributed by atoms with van der Waals surface area (Å²) in [5, 5.41) is 0. The highest BCUT2D eigenvalue weighted by Crippen LogP contribution is 2.33. The van der Waals surface area contributed by atoms with Crippen molar-refractivity contribution in [2.24, 2.45) is 0 Å². The molecule has 5 heteroatoms. The zero-order valence-electron chi connectivity index (χ0n) is 11.7. The van der Waals surface area contributed by atoms with Crippen LogP contribution in [0.5, 0.6) is 0 Å². The summed E-state index contributed by atoms with van der Waals surface area (Å²) in [5.74, 6) is 0. The fourth-order valence-electron chi connectivity index (χ4n) is 2.31. The zero-order valence-corrected chi connectivity index (χ0v) is 11.7. The van der Waals surface area contributed by atoms with Crippen LogP contribution in [0.1, 0.15) is 45.2 Å². The maximum absolute atomic E-state index is 12.2. The lowest BCUT2D eigenvalue weighted by atomic mass is 10.1. The first-order valence-corrected chi connectivity index (χ1v) is 6.57. The van der Waals surface area contributed by atoms with Crippen LogP contribution < -0.4 is 5.73 Å². The van der Waals surface area contributed by atoms with Crippen molar-refractivity contribution in [3.05, 3.63) is 24.0 Å². The summed E-state index contributed by atoms with van der Waals surface area (Å²) in [5.41, 5.74) is 6.87. The van der Waals surface area contributed by atoms with Gasteiger partial charge in [0.15, 0.2) is 0 Å². The van der Waals surface area contributed by atoms with E-state index in [1.54, 1.807) is 17.3 Å². The molecule has 0 bridgehead atoms. The third kappa shape index (κ3) is 3.36. The molecular formula is C14H21N3O2. The molecule has 1 amide bonds. The Bertz CT molecular complexity index is 468. The smallest absolute Gasteiger partial charge is 0.410 e. The lowest BCUT2D eigenvalue weighted by Gasteiger charge is -2.28. The van der Waals surface area contributed by atoms with Gasteiger partial charge in [-0.25, -0.2) is 4.79 Å². The molecule has 2 rings (SSSR count). The molecule has 2 heterocycles. The maximum Gasteiger partial charge on any atom is 0.410 e. The van der Waals surface area contributed by atoms with Crippen molar-refractivity contribution in [2.75, 3.05) is 12.3 Å². The summed E-state index contributed by atoms with van der Waals surface area (Å²) >= 11 is 0. The molecule has 19 heavy (non-hydrogen) atoms. The summed E-state index contributed by atoms with van der Waals surface area (Å²) < 4.78 is 5.44. The molecule has 5 nitrogen and oxygen atoms in total. The van der Waals surface area contributed by atoms with E-state index in [0.717, 1.165) is 18.4 Å². The van der Waals surface area contributed by atoms with Gasteiger partial charge in [-0.2, -0.15) is 0 Å². The number of hydrogen-bond acceptors (Lipinski definition) is 4. The van der Waals surface area contributed by atoms with Gasteiger partial charge in [0, 0.05) is 18.9 Å². The van der Waals surface area contributed by atoms with Gasteiger partial charge in [-0.3, -0.25) is 4.98 Å². The Balaban J connectivity index is 2.15. The van der Waals surface area contributed by atoms with Gasteiger partial charge in [0.25, 0.3) is 0 Å². The van der Waals surface area contributed by atoms with E-state index < -0.39 is 5.60 Å². The van der Waals surface area contributed by atoms with Gasteiger partial charge < -0.3 is 15.4 Å². The molecule has 1 aliphatic heterocycles. The largest absolute Gasteiger partial charge is 0.444 e. The highest BCUT2D eigenvalue weighted by Gasteiger charge is 2.33. The SMILES string of the molecule is CC(C)(C)OC(=O)N1CCC[C@@H]1c1cncc(N)c1. The minimum Gasteiger partial charge on any atom is -0.444 e. The van der Waals surface area contributed by atoms with Crippen molar-refractivity contribution in [2.45, 2.75) is 45.3 Å². The van der Waals surface area contributed by atoms with Crippen LogP contribution in [0.4, 0.5) is 10.5 Å². The molecule has 1 aromatic heterocycles. The van der Waals surface area contributed by atoms with Gasteiger partial charge in [-0.1, -0.05) is 0 Å². The highest BCUT2D eigenvalue weighted by molar-refractivity contribution is 5.69. The van der Waals surface area contributed by atoms with Crippen LogP contribution in [0.15, 0.2) is 18.5 Å². The summed E-state index contributed by atoms with van der Waals surface area (Å²) in [7, 11) is 0. The van der Waals surface area contributed by atoms with Crippen molar-refractivity contribution >= 4 is 11.8 Å². The predicted molar refractivity (Wildman–Crippen MR) is 73.6 cm³/mol. The first-order chi connectivity index (χ1) is 8.87. The Kier molecular flexibility index (Phi) is 3.64. The van der Waals surface area contributed by atoms with E-state index in [9.17, 15) is 4.79 Å². The fourth-order valence-corrected chi connectivity index (χ4v) is 2.31. The third-order valence-electron chi connectivity index (χ3n) is 3.05. The van der Waals surface area contributed by atoms with E-state index in [-0.39, 0.29) is 12.1 Å². The lowest BCUT2D eigenvalue weighted by Crippen LogP contribution is -2.36. The molecule has 0 aromatic carbocycles. The fraction of sp³-hybridized carbons (Fsp3) is 0.571. The number of nitrogens with two attached hydrogens (primary N) is 1. The van der Waals surface area contributed by atoms with Crippen LogP contribution in [0, 0.1) is 0 Å².